The standard InChI is InChI=1S/C28H32N8O2/c29-21-2-1-9-36(17-21)28(37)20-7-8-30-23(14-20)16-31-22-5-3-19(4-6-22)25-15-24-26(34-25)32-18-33-27(24)35-10-12-38-13-11-35/h3-8,14-15,18,21,31H,1-2,9-13,16-17,29H2,(H,32,33,34). The van der Waals surface area contributed by atoms with E-state index < -0.39 is 0 Å². The molecule has 5 heterocycles. The van der Waals surface area contributed by atoms with Crippen molar-refractivity contribution in [2.75, 3.05) is 49.6 Å². The number of nitrogens with zero attached hydrogens (tertiary/aromatic N) is 5. The van der Waals surface area contributed by atoms with Gasteiger partial charge in [-0.15, -0.1) is 0 Å². The van der Waals surface area contributed by atoms with Gasteiger partial charge in [-0.2, -0.15) is 0 Å². The number of anilines is 2. The van der Waals surface area contributed by atoms with Gasteiger partial charge >= 0.3 is 0 Å². The lowest BCUT2D eigenvalue weighted by atomic mass is 10.1. The number of aromatic nitrogens is 4. The van der Waals surface area contributed by atoms with Gasteiger partial charge in [-0.25, -0.2) is 9.97 Å². The highest BCUT2D eigenvalue weighted by Gasteiger charge is 2.22. The van der Waals surface area contributed by atoms with Crippen LogP contribution >= 0.6 is 0 Å². The zero-order chi connectivity index (χ0) is 25.9. The number of likely N-dealkylation sites (tertiary alicyclic amines) is 1. The molecule has 4 aromatic rings. The van der Waals surface area contributed by atoms with Crippen molar-refractivity contribution in [1.29, 1.82) is 0 Å². The minimum Gasteiger partial charge on any atom is -0.379 e. The van der Waals surface area contributed by atoms with Crippen LogP contribution in [-0.2, 0) is 11.3 Å². The molecule has 1 aromatic carbocycles. The Kier molecular flexibility index (Phi) is 6.89. The second kappa shape index (κ2) is 10.8. The number of morpholine rings is 1. The smallest absolute Gasteiger partial charge is 0.254 e. The van der Waals surface area contributed by atoms with Crippen LogP contribution in [0.2, 0.25) is 0 Å². The van der Waals surface area contributed by atoms with Gasteiger partial charge in [0.2, 0.25) is 0 Å². The summed E-state index contributed by atoms with van der Waals surface area (Å²) in [6.07, 6.45) is 5.22. The normalized spacial score (nSPS) is 18.1. The maximum Gasteiger partial charge on any atom is 0.254 e. The van der Waals surface area contributed by atoms with Gasteiger partial charge in [0, 0.05) is 55.4 Å². The molecule has 2 aliphatic heterocycles. The van der Waals surface area contributed by atoms with Crippen molar-refractivity contribution >= 4 is 28.4 Å². The molecule has 2 saturated heterocycles. The van der Waals surface area contributed by atoms with Crippen molar-refractivity contribution in [3.05, 3.63) is 66.2 Å². The number of nitrogens with two attached hydrogens (primary N) is 1. The maximum absolute atomic E-state index is 12.9. The Hall–Kier alpha value is -4.02. The first kappa shape index (κ1) is 24.3. The van der Waals surface area contributed by atoms with Crippen LogP contribution in [0.4, 0.5) is 11.5 Å². The highest BCUT2D eigenvalue weighted by atomic mass is 16.5. The van der Waals surface area contributed by atoms with Gasteiger partial charge in [-0.1, -0.05) is 12.1 Å². The number of fused-ring (bicyclic) bond motifs is 1. The minimum atomic E-state index is 0.0213. The van der Waals surface area contributed by atoms with Gasteiger partial charge < -0.3 is 30.6 Å². The number of nitrogens with one attached hydrogen (secondary N) is 2. The van der Waals surface area contributed by atoms with Crippen molar-refractivity contribution in [3.8, 4) is 11.3 Å². The van der Waals surface area contributed by atoms with Gasteiger partial charge in [-0.3, -0.25) is 9.78 Å². The van der Waals surface area contributed by atoms with E-state index in [0.717, 1.165) is 72.0 Å². The van der Waals surface area contributed by atoms with E-state index in [9.17, 15) is 4.79 Å². The number of hydrogen-bond acceptors (Lipinski definition) is 8. The highest BCUT2D eigenvalue weighted by Crippen LogP contribution is 2.29. The van der Waals surface area contributed by atoms with Crippen LogP contribution in [0.15, 0.2) is 55.0 Å². The van der Waals surface area contributed by atoms with E-state index in [1.54, 1.807) is 18.6 Å². The van der Waals surface area contributed by atoms with Crippen LogP contribution in [0, 0.1) is 0 Å². The Labute approximate surface area is 221 Å². The number of hydrogen-bond donors (Lipinski definition) is 3. The molecule has 10 nitrogen and oxygen atoms in total. The first-order chi connectivity index (χ1) is 18.6. The SMILES string of the molecule is NC1CCCN(C(=O)c2ccnc(CNc3ccc(-c4cc5c(N6CCOCC6)ncnc5[nH]4)cc3)c2)C1. The quantitative estimate of drug-likeness (QED) is 0.360. The van der Waals surface area contributed by atoms with Gasteiger partial charge in [0.05, 0.1) is 30.8 Å². The molecule has 6 rings (SSSR count). The summed E-state index contributed by atoms with van der Waals surface area (Å²) < 4.78 is 5.49. The first-order valence-electron chi connectivity index (χ1n) is 13.1. The van der Waals surface area contributed by atoms with Crippen molar-refractivity contribution in [2.45, 2.75) is 25.4 Å². The molecule has 0 saturated carbocycles. The van der Waals surface area contributed by atoms with Crippen LogP contribution in [0.5, 0.6) is 0 Å². The Bertz CT molecular complexity index is 1410. The van der Waals surface area contributed by atoms with Gasteiger partial charge in [-0.05, 0) is 48.7 Å². The van der Waals surface area contributed by atoms with E-state index in [1.165, 1.54) is 0 Å². The molecule has 1 unspecified atom stereocenters. The zero-order valence-corrected chi connectivity index (χ0v) is 21.3. The van der Waals surface area contributed by atoms with Crippen molar-refractivity contribution in [3.63, 3.8) is 0 Å². The Morgan fingerprint density at radius 2 is 1.92 bits per heavy atom. The largest absolute Gasteiger partial charge is 0.379 e. The molecule has 1 atom stereocenters. The number of carbonyl (C=O) groups excluding carboxylic acids is 1. The van der Waals surface area contributed by atoms with Crippen molar-refractivity contribution < 1.29 is 9.53 Å². The van der Waals surface area contributed by atoms with E-state index in [2.05, 4.69) is 48.4 Å². The van der Waals surface area contributed by atoms with Crippen LogP contribution < -0.4 is 16.0 Å². The predicted octanol–water partition coefficient (Wildman–Crippen LogP) is 3.03. The second-order valence-corrected chi connectivity index (χ2v) is 9.86. The average Bonchev–Trinajstić information content (AvgIpc) is 3.41. The second-order valence-electron chi connectivity index (χ2n) is 9.86. The summed E-state index contributed by atoms with van der Waals surface area (Å²) in [5.41, 5.74) is 11.4. The minimum absolute atomic E-state index is 0.0213. The lowest BCUT2D eigenvalue weighted by Gasteiger charge is -2.30. The molecule has 1 amide bonds. The summed E-state index contributed by atoms with van der Waals surface area (Å²) in [5.74, 6) is 0.961. The molecule has 3 aromatic heterocycles. The number of piperidine rings is 1. The number of rotatable bonds is 6. The highest BCUT2D eigenvalue weighted by molar-refractivity contribution is 5.94. The molecular formula is C28H32N8O2. The number of aromatic amines is 1. The molecule has 0 aliphatic carbocycles. The summed E-state index contributed by atoms with van der Waals surface area (Å²) in [7, 11) is 0. The zero-order valence-electron chi connectivity index (χ0n) is 21.3. The predicted molar refractivity (Wildman–Crippen MR) is 147 cm³/mol. The Balaban J connectivity index is 1.12. The fourth-order valence-corrected chi connectivity index (χ4v) is 5.15. The molecule has 38 heavy (non-hydrogen) atoms. The monoisotopic (exact) mass is 512 g/mol. The van der Waals surface area contributed by atoms with Gasteiger partial charge in [0.1, 0.15) is 17.8 Å². The van der Waals surface area contributed by atoms with Crippen molar-refractivity contribution in [1.82, 2.24) is 24.8 Å². The third-order valence-electron chi connectivity index (χ3n) is 7.19. The molecule has 4 N–H and O–H groups in total. The number of pyridine rings is 1. The van der Waals surface area contributed by atoms with E-state index in [-0.39, 0.29) is 11.9 Å². The number of ether oxygens (including phenoxy) is 1. The lowest BCUT2D eigenvalue weighted by Crippen LogP contribution is -2.45. The first-order valence-corrected chi connectivity index (χ1v) is 13.1. The van der Waals surface area contributed by atoms with E-state index >= 15 is 0 Å². The fraction of sp³-hybridized carbons (Fsp3) is 0.357. The number of benzene rings is 1. The summed E-state index contributed by atoms with van der Waals surface area (Å²) in [6.45, 7) is 4.95. The Morgan fingerprint density at radius 1 is 1.08 bits per heavy atom. The molecular weight excluding hydrogens is 480 g/mol. The van der Waals surface area contributed by atoms with Crippen LogP contribution in [-0.4, -0.2) is 76.2 Å². The van der Waals surface area contributed by atoms with Crippen LogP contribution in [0.25, 0.3) is 22.3 Å². The summed E-state index contributed by atoms with van der Waals surface area (Å²) >= 11 is 0. The Morgan fingerprint density at radius 3 is 2.74 bits per heavy atom. The van der Waals surface area contributed by atoms with Crippen LogP contribution in [0.3, 0.4) is 0 Å². The van der Waals surface area contributed by atoms with Gasteiger partial charge in [0.25, 0.3) is 5.91 Å². The summed E-state index contributed by atoms with van der Waals surface area (Å²) in [5, 5.41) is 4.43. The van der Waals surface area contributed by atoms with Crippen LogP contribution in [0.1, 0.15) is 28.9 Å². The molecule has 0 radical (unpaired) electrons. The molecule has 196 valence electrons. The third kappa shape index (κ3) is 5.18. The van der Waals surface area contributed by atoms with Crippen molar-refractivity contribution in [2.24, 2.45) is 5.73 Å². The van der Waals surface area contributed by atoms with E-state index in [0.29, 0.717) is 31.9 Å². The average molecular weight is 513 g/mol. The number of amides is 1. The summed E-state index contributed by atoms with van der Waals surface area (Å²) in [6, 6.07) is 14.0. The van der Waals surface area contributed by atoms with E-state index in [4.69, 9.17) is 10.5 Å². The molecule has 0 bridgehead atoms. The lowest BCUT2D eigenvalue weighted by molar-refractivity contribution is 0.0708. The van der Waals surface area contributed by atoms with Gasteiger partial charge in [0.15, 0.2) is 0 Å². The fourth-order valence-electron chi connectivity index (χ4n) is 5.15. The third-order valence-corrected chi connectivity index (χ3v) is 7.19. The summed E-state index contributed by atoms with van der Waals surface area (Å²) in [4.78, 5) is 33.9. The number of H-pyrrole nitrogens is 1. The maximum atomic E-state index is 12.9. The molecule has 2 aliphatic rings. The molecule has 10 heteroatoms. The van der Waals surface area contributed by atoms with E-state index in [1.807, 2.05) is 23.1 Å². The number of carbonyl (C=O) groups is 1. The topological polar surface area (TPSA) is 125 Å². The molecule has 0 spiro atoms. The molecule has 2 fully saturated rings.